The number of benzene rings is 1. The molecule has 1 aromatic rings. The van der Waals surface area contributed by atoms with Gasteiger partial charge in [0.25, 0.3) is 0 Å². The summed E-state index contributed by atoms with van der Waals surface area (Å²) >= 11 is 0. The van der Waals surface area contributed by atoms with Gasteiger partial charge >= 0.3 is 5.97 Å². The standard InChI is InChI=1S/C15H21NO2/c1-3-5-13-7-9-14(10-8-13)12-16(2)11-4-6-15(17)18/h4,6-10H,3,5,11-12H2,1-2H3,(H,17,18)/b6-4+. The highest BCUT2D eigenvalue weighted by molar-refractivity contribution is 5.79. The van der Waals surface area contributed by atoms with Crippen LogP contribution in [0.4, 0.5) is 0 Å². The molecule has 0 aromatic heterocycles. The van der Waals surface area contributed by atoms with E-state index in [1.807, 2.05) is 7.05 Å². The first-order valence-electron chi connectivity index (χ1n) is 6.27. The van der Waals surface area contributed by atoms with Gasteiger partial charge in [-0.3, -0.25) is 4.90 Å². The Kier molecular flexibility index (Phi) is 6.15. The van der Waals surface area contributed by atoms with E-state index in [-0.39, 0.29) is 0 Å². The molecule has 3 heteroatoms. The van der Waals surface area contributed by atoms with Crippen LogP contribution >= 0.6 is 0 Å². The zero-order chi connectivity index (χ0) is 13.4. The van der Waals surface area contributed by atoms with Crippen molar-refractivity contribution in [2.75, 3.05) is 13.6 Å². The SMILES string of the molecule is CCCc1ccc(CN(C)C/C=C/C(=O)O)cc1. The average Bonchev–Trinajstić information content (AvgIpc) is 2.31. The molecule has 1 N–H and O–H groups in total. The van der Waals surface area contributed by atoms with Gasteiger partial charge in [-0.1, -0.05) is 43.7 Å². The second-order valence-corrected chi connectivity index (χ2v) is 4.50. The van der Waals surface area contributed by atoms with E-state index in [1.54, 1.807) is 6.08 Å². The van der Waals surface area contributed by atoms with Crippen LogP contribution in [0.5, 0.6) is 0 Å². The van der Waals surface area contributed by atoms with E-state index in [9.17, 15) is 4.79 Å². The molecule has 1 rings (SSSR count). The fourth-order valence-electron chi connectivity index (χ4n) is 1.81. The fourth-order valence-corrected chi connectivity index (χ4v) is 1.81. The molecule has 0 amide bonds. The maximum absolute atomic E-state index is 10.3. The normalized spacial score (nSPS) is 11.3. The Labute approximate surface area is 109 Å². The number of nitrogens with zero attached hydrogens (tertiary/aromatic N) is 1. The summed E-state index contributed by atoms with van der Waals surface area (Å²) < 4.78 is 0. The molecule has 0 aliphatic rings. The predicted octanol–water partition coefficient (Wildman–Crippen LogP) is 2.71. The number of hydrogen-bond acceptors (Lipinski definition) is 2. The fraction of sp³-hybridized carbons (Fsp3) is 0.400. The van der Waals surface area contributed by atoms with Gasteiger partial charge in [-0.05, 0) is 24.6 Å². The number of carboxylic acids is 1. The van der Waals surface area contributed by atoms with Gasteiger partial charge < -0.3 is 5.11 Å². The Hall–Kier alpha value is -1.61. The van der Waals surface area contributed by atoms with Gasteiger partial charge in [0, 0.05) is 19.2 Å². The molecule has 0 aliphatic carbocycles. The number of likely N-dealkylation sites (N-methyl/N-ethyl adjacent to an activating group) is 1. The third-order valence-corrected chi connectivity index (χ3v) is 2.69. The van der Waals surface area contributed by atoms with Crippen molar-refractivity contribution in [2.45, 2.75) is 26.3 Å². The van der Waals surface area contributed by atoms with E-state index in [2.05, 4.69) is 36.1 Å². The van der Waals surface area contributed by atoms with Crippen molar-refractivity contribution < 1.29 is 9.90 Å². The maximum Gasteiger partial charge on any atom is 0.328 e. The summed E-state index contributed by atoms with van der Waals surface area (Å²) in [4.78, 5) is 12.4. The molecular weight excluding hydrogens is 226 g/mol. The highest BCUT2D eigenvalue weighted by atomic mass is 16.4. The molecule has 0 radical (unpaired) electrons. The lowest BCUT2D eigenvalue weighted by Crippen LogP contribution is -2.17. The molecule has 0 heterocycles. The lowest BCUT2D eigenvalue weighted by atomic mass is 10.1. The van der Waals surface area contributed by atoms with Gasteiger partial charge in [0.2, 0.25) is 0 Å². The van der Waals surface area contributed by atoms with Crippen LogP contribution in [0.1, 0.15) is 24.5 Å². The first-order chi connectivity index (χ1) is 8.61. The van der Waals surface area contributed by atoms with Crippen molar-refractivity contribution in [2.24, 2.45) is 0 Å². The van der Waals surface area contributed by atoms with Crippen LogP contribution in [-0.4, -0.2) is 29.6 Å². The minimum Gasteiger partial charge on any atom is -0.478 e. The lowest BCUT2D eigenvalue weighted by molar-refractivity contribution is -0.131. The van der Waals surface area contributed by atoms with Crippen molar-refractivity contribution in [1.82, 2.24) is 4.90 Å². The zero-order valence-corrected chi connectivity index (χ0v) is 11.1. The first kappa shape index (κ1) is 14.5. The van der Waals surface area contributed by atoms with Gasteiger partial charge in [-0.2, -0.15) is 0 Å². The largest absolute Gasteiger partial charge is 0.478 e. The number of aryl methyl sites for hydroxylation is 1. The smallest absolute Gasteiger partial charge is 0.328 e. The monoisotopic (exact) mass is 247 g/mol. The number of aliphatic carboxylic acids is 1. The van der Waals surface area contributed by atoms with Crippen LogP contribution in [0, 0.1) is 0 Å². The van der Waals surface area contributed by atoms with Crippen LogP contribution in [0.15, 0.2) is 36.4 Å². The van der Waals surface area contributed by atoms with Gasteiger partial charge in [0.1, 0.15) is 0 Å². The Bertz CT molecular complexity index is 395. The predicted molar refractivity (Wildman–Crippen MR) is 73.5 cm³/mol. The van der Waals surface area contributed by atoms with E-state index < -0.39 is 5.97 Å². The minimum atomic E-state index is -0.896. The average molecular weight is 247 g/mol. The summed E-state index contributed by atoms with van der Waals surface area (Å²) in [5.74, 6) is -0.896. The summed E-state index contributed by atoms with van der Waals surface area (Å²) in [6.45, 7) is 3.65. The molecule has 0 saturated heterocycles. The number of carbonyl (C=O) groups is 1. The summed E-state index contributed by atoms with van der Waals surface area (Å²) in [7, 11) is 1.98. The second-order valence-electron chi connectivity index (χ2n) is 4.50. The van der Waals surface area contributed by atoms with E-state index in [4.69, 9.17) is 5.11 Å². The molecule has 3 nitrogen and oxygen atoms in total. The molecule has 18 heavy (non-hydrogen) atoms. The highest BCUT2D eigenvalue weighted by Crippen LogP contribution is 2.08. The zero-order valence-electron chi connectivity index (χ0n) is 11.1. The molecule has 0 bridgehead atoms. The number of hydrogen-bond donors (Lipinski definition) is 1. The Morgan fingerprint density at radius 2 is 1.89 bits per heavy atom. The molecule has 0 aliphatic heterocycles. The Morgan fingerprint density at radius 1 is 1.28 bits per heavy atom. The van der Waals surface area contributed by atoms with Gasteiger partial charge in [-0.25, -0.2) is 4.79 Å². The maximum atomic E-state index is 10.3. The van der Waals surface area contributed by atoms with E-state index in [0.29, 0.717) is 6.54 Å². The van der Waals surface area contributed by atoms with Gasteiger partial charge in [0.05, 0.1) is 0 Å². The Morgan fingerprint density at radius 3 is 2.44 bits per heavy atom. The molecule has 98 valence electrons. The quantitative estimate of drug-likeness (QED) is 0.753. The van der Waals surface area contributed by atoms with Crippen molar-refractivity contribution in [3.63, 3.8) is 0 Å². The highest BCUT2D eigenvalue weighted by Gasteiger charge is 1.99. The first-order valence-corrected chi connectivity index (χ1v) is 6.27. The van der Waals surface area contributed by atoms with Crippen LogP contribution in [-0.2, 0) is 17.8 Å². The van der Waals surface area contributed by atoms with Crippen LogP contribution in [0.25, 0.3) is 0 Å². The minimum absolute atomic E-state index is 0.642. The Balaban J connectivity index is 2.44. The van der Waals surface area contributed by atoms with E-state index in [0.717, 1.165) is 13.0 Å². The number of carboxylic acid groups (broad SMARTS) is 1. The molecular formula is C15H21NO2. The molecule has 0 atom stereocenters. The van der Waals surface area contributed by atoms with Crippen molar-refractivity contribution in [3.8, 4) is 0 Å². The summed E-state index contributed by atoms with van der Waals surface area (Å²) in [5, 5.41) is 8.49. The van der Waals surface area contributed by atoms with Crippen molar-refractivity contribution >= 4 is 5.97 Å². The van der Waals surface area contributed by atoms with Crippen LogP contribution in [0.3, 0.4) is 0 Å². The molecule has 0 fully saturated rings. The number of rotatable bonds is 7. The lowest BCUT2D eigenvalue weighted by Gasteiger charge is -2.14. The summed E-state index contributed by atoms with van der Waals surface area (Å²) in [6.07, 6.45) is 5.13. The third kappa shape index (κ3) is 5.64. The molecule has 0 spiro atoms. The van der Waals surface area contributed by atoms with Gasteiger partial charge in [0.15, 0.2) is 0 Å². The topological polar surface area (TPSA) is 40.5 Å². The molecule has 0 saturated carbocycles. The van der Waals surface area contributed by atoms with Crippen LogP contribution < -0.4 is 0 Å². The summed E-state index contributed by atoms with van der Waals surface area (Å²) in [6, 6.07) is 8.62. The van der Waals surface area contributed by atoms with Crippen molar-refractivity contribution in [3.05, 3.63) is 47.5 Å². The van der Waals surface area contributed by atoms with Crippen molar-refractivity contribution in [1.29, 1.82) is 0 Å². The van der Waals surface area contributed by atoms with Crippen LogP contribution in [0.2, 0.25) is 0 Å². The van der Waals surface area contributed by atoms with Gasteiger partial charge in [-0.15, -0.1) is 0 Å². The van der Waals surface area contributed by atoms with E-state index >= 15 is 0 Å². The third-order valence-electron chi connectivity index (χ3n) is 2.69. The van der Waals surface area contributed by atoms with E-state index in [1.165, 1.54) is 23.6 Å². The summed E-state index contributed by atoms with van der Waals surface area (Å²) in [5.41, 5.74) is 2.62. The molecule has 1 aromatic carbocycles. The second kappa shape index (κ2) is 7.67. The molecule has 0 unspecified atom stereocenters.